The van der Waals surface area contributed by atoms with Crippen molar-refractivity contribution in [2.75, 3.05) is 13.7 Å². The van der Waals surface area contributed by atoms with Crippen LogP contribution in [-0.4, -0.2) is 30.4 Å². The van der Waals surface area contributed by atoms with E-state index in [1.807, 2.05) is 37.3 Å². The number of hydrogen-bond donors (Lipinski definition) is 0. The third-order valence-corrected chi connectivity index (χ3v) is 4.44. The van der Waals surface area contributed by atoms with Gasteiger partial charge in [-0.05, 0) is 36.8 Å². The zero-order valence-corrected chi connectivity index (χ0v) is 16.1. The lowest BCUT2D eigenvalue weighted by Crippen LogP contribution is -2.33. The van der Waals surface area contributed by atoms with Gasteiger partial charge < -0.3 is 9.64 Å². The second-order valence-corrected chi connectivity index (χ2v) is 6.61. The van der Waals surface area contributed by atoms with Crippen LogP contribution < -0.4 is 0 Å². The molecule has 4 nitrogen and oxygen atoms in total. The van der Waals surface area contributed by atoms with E-state index >= 15 is 0 Å². The minimum atomic E-state index is -0.710. The van der Waals surface area contributed by atoms with Gasteiger partial charge in [0.1, 0.15) is 5.82 Å². The molecule has 1 amide bonds. The van der Waals surface area contributed by atoms with E-state index < -0.39 is 11.8 Å². The van der Waals surface area contributed by atoms with E-state index in [-0.39, 0.29) is 24.1 Å². The highest BCUT2D eigenvalue weighted by atomic mass is 79.9. The summed E-state index contributed by atoms with van der Waals surface area (Å²) >= 11 is 3.23. The number of carbonyl (C=O) groups is 2. The highest BCUT2D eigenvalue weighted by molar-refractivity contribution is 9.10. The van der Waals surface area contributed by atoms with E-state index in [0.717, 1.165) is 11.6 Å². The van der Waals surface area contributed by atoms with Gasteiger partial charge in [-0.25, -0.2) is 9.18 Å². The van der Waals surface area contributed by atoms with Crippen molar-refractivity contribution in [3.05, 3.63) is 76.0 Å². The second kappa shape index (κ2) is 9.29. The largest absolute Gasteiger partial charge is 0.452 e. The van der Waals surface area contributed by atoms with Crippen LogP contribution in [0.4, 0.5) is 4.39 Å². The molecule has 1 atom stereocenters. The predicted octanol–water partition coefficient (Wildman–Crippen LogP) is 4.36. The molecule has 0 saturated heterocycles. The molecule has 26 heavy (non-hydrogen) atoms. The first kappa shape index (κ1) is 19.8. The average Bonchev–Trinajstić information content (AvgIpc) is 2.66. The van der Waals surface area contributed by atoms with Gasteiger partial charge in [0.05, 0.1) is 6.04 Å². The lowest BCUT2D eigenvalue weighted by Gasteiger charge is -2.25. The fourth-order valence-electron chi connectivity index (χ4n) is 2.25. The van der Waals surface area contributed by atoms with Crippen molar-refractivity contribution >= 4 is 33.9 Å². The molecule has 0 aliphatic heterocycles. The first-order valence-corrected chi connectivity index (χ1v) is 8.78. The van der Waals surface area contributed by atoms with Gasteiger partial charge >= 0.3 is 5.97 Å². The Kier molecular flexibility index (Phi) is 7.09. The zero-order valence-electron chi connectivity index (χ0n) is 14.5. The Morgan fingerprint density at radius 1 is 1.23 bits per heavy atom. The lowest BCUT2D eigenvalue weighted by atomic mass is 10.1. The second-order valence-electron chi connectivity index (χ2n) is 5.70. The third kappa shape index (κ3) is 5.52. The highest BCUT2D eigenvalue weighted by Gasteiger charge is 2.18. The summed E-state index contributed by atoms with van der Waals surface area (Å²) in [5, 5.41) is 0. The molecule has 1 unspecified atom stereocenters. The molecule has 136 valence electrons. The van der Waals surface area contributed by atoms with Crippen LogP contribution in [-0.2, 0) is 14.3 Å². The van der Waals surface area contributed by atoms with Crippen LogP contribution in [0.3, 0.4) is 0 Å². The third-order valence-electron chi connectivity index (χ3n) is 3.95. The molecule has 0 saturated carbocycles. The van der Waals surface area contributed by atoms with Gasteiger partial charge in [-0.15, -0.1) is 0 Å². The maximum absolute atomic E-state index is 13.6. The van der Waals surface area contributed by atoms with E-state index in [1.165, 1.54) is 17.0 Å². The van der Waals surface area contributed by atoms with E-state index in [0.29, 0.717) is 4.47 Å². The molecule has 6 heteroatoms. The molecule has 0 heterocycles. The van der Waals surface area contributed by atoms with Crippen LogP contribution in [0.15, 0.2) is 59.1 Å². The molecule has 0 bridgehead atoms. The number of esters is 1. The molecule has 2 rings (SSSR count). The Hall–Kier alpha value is -2.47. The van der Waals surface area contributed by atoms with E-state index in [2.05, 4.69) is 15.9 Å². The van der Waals surface area contributed by atoms with Gasteiger partial charge in [-0.2, -0.15) is 0 Å². The van der Waals surface area contributed by atoms with Gasteiger partial charge in [-0.1, -0.05) is 46.3 Å². The Labute approximate surface area is 160 Å². The molecule has 0 aliphatic rings. The van der Waals surface area contributed by atoms with Gasteiger partial charge in [0.15, 0.2) is 6.61 Å². The van der Waals surface area contributed by atoms with Crippen molar-refractivity contribution in [3.63, 3.8) is 0 Å². The molecule has 0 fully saturated rings. The summed E-state index contributed by atoms with van der Waals surface area (Å²) in [5.74, 6) is -1.49. The summed E-state index contributed by atoms with van der Waals surface area (Å²) in [6.45, 7) is 1.52. The maximum atomic E-state index is 13.6. The van der Waals surface area contributed by atoms with Gasteiger partial charge in [-0.3, -0.25) is 4.79 Å². The molecule has 0 aliphatic carbocycles. The van der Waals surface area contributed by atoms with Crippen LogP contribution in [0, 0.1) is 5.82 Å². The molecule has 2 aromatic carbocycles. The van der Waals surface area contributed by atoms with Gasteiger partial charge in [0.2, 0.25) is 0 Å². The summed E-state index contributed by atoms with van der Waals surface area (Å²) in [5.41, 5.74) is 1.23. The minimum Gasteiger partial charge on any atom is -0.452 e. The summed E-state index contributed by atoms with van der Waals surface area (Å²) < 4.78 is 19.2. The number of carbonyl (C=O) groups excluding carboxylic acids is 2. The number of likely N-dealkylation sites (N-methyl/N-ethyl adjacent to an activating group) is 1. The SMILES string of the molecule is CC(c1ccccc1)N(C)C(=O)COC(=O)/C=C/c1cc(Br)ccc1F. The minimum absolute atomic E-state index is 0.145. The number of ether oxygens (including phenoxy) is 1. The normalized spacial score (nSPS) is 12.0. The number of benzene rings is 2. The molecule has 2 aromatic rings. The smallest absolute Gasteiger partial charge is 0.331 e. The fourth-order valence-corrected chi connectivity index (χ4v) is 2.63. The summed E-state index contributed by atoms with van der Waals surface area (Å²) in [7, 11) is 1.65. The topological polar surface area (TPSA) is 46.6 Å². The molecule has 0 aromatic heterocycles. The Balaban J connectivity index is 1.89. The van der Waals surface area contributed by atoms with Crippen LogP contribution in [0.2, 0.25) is 0 Å². The Morgan fingerprint density at radius 2 is 1.92 bits per heavy atom. The monoisotopic (exact) mass is 419 g/mol. The average molecular weight is 420 g/mol. The van der Waals surface area contributed by atoms with Crippen molar-refractivity contribution in [1.82, 2.24) is 4.90 Å². The van der Waals surface area contributed by atoms with Gasteiger partial charge in [0, 0.05) is 23.2 Å². The van der Waals surface area contributed by atoms with Crippen LogP contribution in [0.5, 0.6) is 0 Å². The number of rotatable bonds is 6. The zero-order chi connectivity index (χ0) is 19.1. The molecule has 0 radical (unpaired) electrons. The van der Waals surface area contributed by atoms with E-state index in [1.54, 1.807) is 19.2 Å². The lowest BCUT2D eigenvalue weighted by molar-refractivity contribution is -0.148. The van der Waals surface area contributed by atoms with Crippen molar-refractivity contribution < 1.29 is 18.7 Å². The standard InChI is InChI=1S/C20H19BrFNO3/c1-14(15-6-4-3-5-7-15)23(2)19(24)13-26-20(25)11-8-16-12-17(21)9-10-18(16)22/h3-12,14H,13H2,1-2H3/b11-8+. The summed E-state index contributed by atoms with van der Waals surface area (Å²) in [6, 6.07) is 13.8. The van der Waals surface area contributed by atoms with Crippen LogP contribution in [0.25, 0.3) is 6.08 Å². The van der Waals surface area contributed by atoms with Crippen molar-refractivity contribution in [2.24, 2.45) is 0 Å². The van der Waals surface area contributed by atoms with Gasteiger partial charge in [0.25, 0.3) is 5.91 Å². The Morgan fingerprint density at radius 3 is 2.62 bits per heavy atom. The van der Waals surface area contributed by atoms with Crippen molar-refractivity contribution in [1.29, 1.82) is 0 Å². The quantitative estimate of drug-likeness (QED) is 0.515. The molecule has 0 N–H and O–H groups in total. The Bertz CT molecular complexity index is 808. The molecule has 0 spiro atoms. The van der Waals surface area contributed by atoms with E-state index in [4.69, 9.17) is 4.74 Å². The number of nitrogens with zero attached hydrogens (tertiary/aromatic N) is 1. The number of hydrogen-bond acceptors (Lipinski definition) is 3. The number of halogens is 2. The summed E-state index contributed by atoms with van der Waals surface area (Å²) in [6.07, 6.45) is 2.40. The van der Waals surface area contributed by atoms with E-state index in [9.17, 15) is 14.0 Å². The molecular formula is C20H19BrFNO3. The van der Waals surface area contributed by atoms with Crippen molar-refractivity contribution in [2.45, 2.75) is 13.0 Å². The number of amides is 1. The van der Waals surface area contributed by atoms with Crippen LogP contribution >= 0.6 is 15.9 Å². The van der Waals surface area contributed by atoms with Crippen LogP contribution in [0.1, 0.15) is 24.1 Å². The molecular weight excluding hydrogens is 401 g/mol. The first-order chi connectivity index (χ1) is 12.4. The highest BCUT2D eigenvalue weighted by Crippen LogP contribution is 2.18. The maximum Gasteiger partial charge on any atom is 0.331 e. The summed E-state index contributed by atoms with van der Waals surface area (Å²) in [4.78, 5) is 25.5. The predicted molar refractivity (Wildman–Crippen MR) is 102 cm³/mol. The fraction of sp³-hybridized carbons (Fsp3) is 0.200. The first-order valence-electron chi connectivity index (χ1n) is 7.99. The van der Waals surface area contributed by atoms with Crippen molar-refractivity contribution in [3.8, 4) is 0 Å².